The van der Waals surface area contributed by atoms with Gasteiger partial charge in [-0.2, -0.15) is 5.10 Å². The molecule has 0 aromatic carbocycles. The Bertz CT molecular complexity index is 615. The quantitative estimate of drug-likeness (QED) is 0.871. The summed E-state index contributed by atoms with van der Waals surface area (Å²) in [7, 11) is 0. The number of pyridine rings is 1. The minimum Gasteiger partial charge on any atom is -0.337 e. The van der Waals surface area contributed by atoms with E-state index in [9.17, 15) is 4.79 Å². The van der Waals surface area contributed by atoms with E-state index in [4.69, 9.17) is 0 Å². The van der Waals surface area contributed by atoms with Crippen molar-refractivity contribution in [2.24, 2.45) is 5.92 Å². The van der Waals surface area contributed by atoms with Crippen LogP contribution in [-0.2, 0) is 6.54 Å². The second-order valence-electron chi connectivity index (χ2n) is 5.96. The number of amides is 1. The summed E-state index contributed by atoms with van der Waals surface area (Å²) >= 11 is 0. The molecule has 1 saturated heterocycles. The number of likely N-dealkylation sites (tertiary alicyclic amines) is 1. The van der Waals surface area contributed by atoms with Gasteiger partial charge in [-0.15, -0.1) is 0 Å². The van der Waals surface area contributed by atoms with Gasteiger partial charge < -0.3 is 4.90 Å². The summed E-state index contributed by atoms with van der Waals surface area (Å²) in [5, 5.41) is 4.24. The Morgan fingerprint density at radius 1 is 1.27 bits per heavy atom. The van der Waals surface area contributed by atoms with E-state index in [-0.39, 0.29) is 5.91 Å². The minimum atomic E-state index is 0.0641. The van der Waals surface area contributed by atoms with E-state index in [2.05, 4.69) is 10.1 Å². The van der Waals surface area contributed by atoms with Crippen LogP contribution in [0.1, 0.15) is 35.4 Å². The van der Waals surface area contributed by atoms with Crippen LogP contribution in [0.15, 0.2) is 36.7 Å². The first-order valence-corrected chi connectivity index (χ1v) is 7.93. The Hall–Kier alpha value is -2.17. The van der Waals surface area contributed by atoms with E-state index < -0.39 is 0 Å². The molecular weight excluding hydrogens is 276 g/mol. The summed E-state index contributed by atoms with van der Waals surface area (Å²) in [6.07, 6.45) is 7.09. The van der Waals surface area contributed by atoms with Crippen molar-refractivity contribution in [3.05, 3.63) is 48.0 Å². The van der Waals surface area contributed by atoms with Crippen molar-refractivity contribution >= 4 is 5.91 Å². The molecule has 2 aromatic rings. The van der Waals surface area contributed by atoms with Crippen molar-refractivity contribution < 1.29 is 4.79 Å². The fourth-order valence-electron chi connectivity index (χ4n) is 3.00. The van der Waals surface area contributed by atoms with Crippen molar-refractivity contribution in [2.45, 2.75) is 32.7 Å². The van der Waals surface area contributed by atoms with Gasteiger partial charge in [-0.1, -0.05) is 6.07 Å². The van der Waals surface area contributed by atoms with Crippen molar-refractivity contribution in [1.82, 2.24) is 19.7 Å². The van der Waals surface area contributed by atoms with Crippen molar-refractivity contribution in [1.29, 1.82) is 0 Å². The zero-order valence-electron chi connectivity index (χ0n) is 13.0. The first-order valence-electron chi connectivity index (χ1n) is 7.93. The average molecular weight is 298 g/mol. The Labute approximate surface area is 131 Å². The largest absolute Gasteiger partial charge is 0.337 e. The zero-order valence-corrected chi connectivity index (χ0v) is 13.0. The third-order valence-electron chi connectivity index (χ3n) is 4.33. The van der Waals surface area contributed by atoms with E-state index in [0.29, 0.717) is 11.6 Å². The molecule has 0 unspecified atom stereocenters. The van der Waals surface area contributed by atoms with Gasteiger partial charge in [-0.05, 0) is 50.3 Å². The molecule has 1 aliphatic heterocycles. The van der Waals surface area contributed by atoms with Crippen LogP contribution in [0.2, 0.25) is 0 Å². The second-order valence-corrected chi connectivity index (χ2v) is 5.96. The van der Waals surface area contributed by atoms with Crippen LogP contribution in [-0.4, -0.2) is 38.7 Å². The number of rotatable bonds is 4. The van der Waals surface area contributed by atoms with Crippen molar-refractivity contribution in [3.8, 4) is 0 Å². The van der Waals surface area contributed by atoms with Crippen molar-refractivity contribution in [3.63, 3.8) is 0 Å². The Balaban J connectivity index is 1.50. The highest BCUT2D eigenvalue weighted by atomic mass is 16.2. The molecular formula is C17H22N4O. The van der Waals surface area contributed by atoms with E-state index in [1.54, 1.807) is 6.07 Å². The fourth-order valence-corrected chi connectivity index (χ4v) is 3.00. The van der Waals surface area contributed by atoms with Crippen LogP contribution in [0.4, 0.5) is 0 Å². The summed E-state index contributed by atoms with van der Waals surface area (Å²) in [6.45, 7) is 4.54. The number of nitrogens with zero attached hydrogens (tertiary/aromatic N) is 4. The summed E-state index contributed by atoms with van der Waals surface area (Å²) < 4.78 is 1.98. The highest BCUT2D eigenvalue weighted by Gasteiger charge is 2.24. The summed E-state index contributed by atoms with van der Waals surface area (Å²) in [6, 6.07) is 7.57. The monoisotopic (exact) mass is 298 g/mol. The van der Waals surface area contributed by atoms with E-state index >= 15 is 0 Å². The molecule has 116 valence electrons. The third kappa shape index (κ3) is 3.53. The number of aryl methyl sites for hydroxylation is 2. The number of carbonyl (C=O) groups excluding carboxylic acids is 1. The van der Waals surface area contributed by atoms with E-state index in [1.807, 2.05) is 47.1 Å². The molecule has 5 heteroatoms. The topological polar surface area (TPSA) is 51.0 Å². The van der Waals surface area contributed by atoms with Crippen LogP contribution >= 0.6 is 0 Å². The van der Waals surface area contributed by atoms with Crippen LogP contribution in [0.3, 0.4) is 0 Å². The molecule has 22 heavy (non-hydrogen) atoms. The molecule has 1 amide bonds. The lowest BCUT2D eigenvalue weighted by atomic mass is 9.93. The highest BCUT2D eigenvalue weighted by molar-refractivity contribution is 5.92. The maximum Gasteiger partial charge on any atom is 0.272 e. The molecule has 0 spiro atoms. The zero-order chi connectivity index (χ0) is 15.4. The smallest absolute Gasteiger partial charge is 0.272 e. The Morgan fingerprint density at radius 3 is 2.77 bits per heavy atom. The van der Waals surface area contributed by atoms with Gasteiger partial charge in [-0.25, -0.2) is 4.98 Å². The van der Waals surface area contributed by atoms with Gasteiger partial charge in [0.05, 0.1) is 0 Å². The molecule has 1 fully saturated rings. The number of hydrogen-bond donors (Lipinski definition) is 0. The number of piperidine rings is 1. The van der Waals surface area contributed by atoms with Gasteiger partial charge in [0.25, 0.3) is 5.91 Å². The molecule has 2 aromatic heterocycles. The van der Waals surface area contributed by atoms with Gasteiger partial charge in [0.2, 0.25) is 0 Å². The number of carbonyl (C=O) groups is 1. The molecule has 1 aliphatic rings. The maximum absolute atomic E-state index is 12.5. The standard InChI is InChI=1S/C17H22N4O/c1-14-4-2-5-16(19-14)17(22)20-11-6-15(7-12-20)8-13-21-10-3-9-18-21/h2-5,9-10,15H,6-8,11-13H2,1H3. The first kappa shape index (κ1) is 14.8. The van der Waals surface area contributed by atoms with E-state index in [0.717, 1.165) is 44.6 Å². The predicted molar refractivity (Wildman–Crippen MR) is 84.4 cm³/mol. The Morgan fingerprint density at radius 2 is 2.09 bits per heavy atom. The van der Waals surface area contributed by atoms with Crippen LogP contribution < -0.4 is 0 Å². The molecule has 0 atom stereocenters. The molecule has 3 rings (SSSR count). The molecule has 0 radical (unpaired) electrons. The fraction of sp³-hybridized carbons (Fsp3) is 0.471. The SMILES string of the molecule is Cc1cccc(C(=O)N2CCC(CCn3cccn3)CC2)n1. The minimum absolute atomic E-state index is 0.0641. The molecule has 0 saturated carbocycles. The van der Waals surface area contributed by atoms with E-state index in [1.165, 1.54) is 0 Å². The lowest BCUT2D eigenvalue weighted by Crippen LogP contribution is -2.39. The molecule has 0 aliphatic carbocycles. The average Bonchev–Trinajstić information content (AvgIpc) is 3.06. The normalized spacial score (nSPS) is 16.0. The predicted octanol–water partition coefficient (Wildman–Crippen LogP) is 2.53. The molecule has 3 heterocycles. The van der Waals surface area contributed by atoms with Crippen molar-refractivity contribution in [2.75, 3.05) is 13.1 Å². The van der Waals surface area contributed by atoms with Gasteiger partial charge >= 0.3 is 0 Å². The highest BCUT2D eigenvalue weighted by Crippen LogP contribution is 2.22. The molecule has 0 bridgehead atoms. The lowest BCUT2D eigenvalue weighted by Gasteiger charge is -2.31. The summed E-state index contributed by atoms with van der Waals surface area (Å²) in [5.41, 5.74) is 1.45. The van der Waals surface area contributed by atoms with Gasteiger partial charge in [0.15, 0.2) is 0 Å². The van der Waals surface area contributed by atoms with Gasteiger partial charge in [-0.3, -0.25) is 9.48 Å². The van der Waals surface area contributed by atoms with Gasteiger partial charge in [0, 0.05) is 37.7 Å². The maximum atomic E-state index is 12.5. The summed E-state index contributed by atoms with van der Waals surface area (Å²) in [4.78, 5) is 18.7. The summed E-state index contributed by atoms with van der Waals surface area (Å²) in [5.74, 6) is 0.743. The third-order valence-corrected chi connectivity index (χ3v) is 4.33. The molecule has 5 nitrogen and oxygen atoms in total. The molecule has 0 N–H and O–H groups in total. The Kier molecular flexibility index (Phi) is 4.51. The number of hydrogen-bond acceptors (Lipinski definition) is 3. The van der Waals surface area contributed by atoms with Crippen LogP contribution in [0, 0.1) is 12.8 Å². The number of aromatic nitrogens is 3. The van der Waals surface area contributed by atoms with Crippen LogP contribution in [0.25, 0.3) is 0 Å². The lowest BCUT2D eigenvalue weighted by molar-refractivity contribution is 0.0678. The second kappa shape index (κ2) is 6.73. The van der Waals surface area contributed by atoms with Gasteiger partial charge in [0.1, 0.15) is 5.69 Å². The van der Waals surface area contributed by atoms with Crippen LogP contribution in [0.5, 0.6) is 0 Å². The first-order chi connectivity index (χ1) is 10.7.